The van der Waals surface area contributed by atoms with Gasteiger partial charge in [-0.15, -0.1) is 0 Å². The van der Waals surface area contributed by atoms with Crippen molar-refractivity contribution in [2.24, 2.45) is 11.6 Å². The quantitative estimate of drug-likeness (QED) is 0.278. The Kier molecular flexibility index (Phi) is 8.34. The lowest BCUT2D eigenvalue weighted by atomic mass is 10.2. The van der Waals surface area contributed by atoms with Gasteiger partial charge < -0.3 is 21.4 Å². The Hall–Kier alpha value is -1.70. The molecule has 0 aliphatic heterocycles. The fourth-order valence-corrected chi connectivity index (χ4v) is 1.89. The van der Waals surface area contributed by atoms with E-state index in [1.165, 1.54) is 6.20 Å². The first-order chi connectivity index (χ1) is 10.2. The summed E-state index contributed by atoms with van der Waals surface area (Å²) >= 11 is 0. The van der Waals surface area contributed by atoms with Crippen molar-refractivity contribution >= 4 is 11.7 Å². The highest BCUT2D eigenvalue weighted by atomic mass is 16.2. The standard InChI is InChI=1S/C14H26N6O/c1-20(10-4-9-17-8-3-2-7-15)14(21)12-5-6-13(19-16)18-11-12/h5-6,11,17H,2-4,7-10,15-16H2,1H3,(H,18,19). The summed E-state index contributed by atoms with van der Waals surface area (Å²) in [5.74, 6) is 5.74. The lowest BCUT2D eigenvalue weighted by Gasteiger charge is -2.17. The molecule has 0 saturated carbocycles. The van der Waals surface area contributed by atoms with E-state index in [0.29, 0.717) is 17.9 Å². The van der Waals surface area contributed by atoms with Gasteiger partial charge >= 0.3 is 0 Å². The fourth-order valence-electron chi connectivity index (χ4n) is 1.89. The van der Waals surface area contributed by atoms with E-state index in [4.69, 9.17) is 11.6 Å². The molecule has 0 saturated heterocycles. The van der Waals surface area contributed by atoms with E-state index in [2.05, 4.69) is 15.7 Å². The molecule has 21 heavy (non-hydrogen) atoms. The lowest BCUT2D eigenvalue weighted by Crippen LogP contribution is -2.30. The Morgan fingerprint density at radius 1 is 1.29 bits per heavy atom. The smallest absolute Gasteiger partial charge is 0.255 e. The van der Waals surface area contributed by atoms with Gasteiger partial charge in [0.15, 0.2) is 0 Å². The first kappa shape index (κ1) is 17.4. The number of carbonyl (C=O) groups is 1. The molecule has 0 aliphatic rings. The number of nitrogens with one attached hydrogen (secondary N) is 2. The summed E-state index contributed by atoms with van der Waals surface area (Å²) in [4.78, 5) is 17.9. The Balaban J connectivity index is 2.24. The number of rotatable bonds is 10. The van der Waals surface area contributed by atoms with Gasteiger partial charge in [-0.05, 0) is 51.0 Å². The third kappa shape index (κ3) is 6.52. The average Bonchev–Trinajstić information content (AvgIpc) is 2.53. The second-order valence-electron chi connectivity index (χ2n) is 4.90. The summed E-state index contributed by atoms with van der Waals surface area (Å²) < 4.78 is 0. The number of hydrogen-bond acceptors (Lipinski definition) is 6. The third-order valence-electron chi connectivity index (χ3n) is 3.16. The molecule has 7 nitrogen and oxygen atoms in total. The molecule has 1 rings (SSSR count). The van der Waals surface area contributed by atoms with Crippen LogP contribution >= 0.6 is 0 Å². The first-order valence-corrected chi connectivity index (χ1v) is 7.28. The molecule has 0 unspecified atom stereocenters. The van der Waals surface area contributed by atoms with E-state index < -0.39 is 0 Å². The molecule has 6 N–H and O–H groups in total. The van der Waals surface area contributed by atoms with Gasteiger partial charge in [-0.25, -0.2) is 10.8 Å². The van der Waals surface area contributed by atoms with Crippen LogP contribution in [0.1, 0.15) is 29.6 Å². The van der Waals surface area contributed by atoms with Crippen molar-refractivity contribution < 1.29 is 4.79 Å². The molecule has 0 aliphatic carbocycles. The van der Waals surface area contributed by atoms with Crippen molar-refractivity contribution in [3.8, 4) is 0 Å². The monoisotopic (exact) mass is 294 g/mol. The van der Waals surface area contributed by atoms with Gasteiger partial charge in [-0.1, -0.05) is 0 Å². The summed E-state index contributed by atoms with van der Waals surface area (Å²) in [5, 5.41) is 3.34. The van der Waals surface area contributed by atoms with Gasteiger partial charge in [-0.3, -0.25) is 4.79 Å². The van der Waals surface area contributed by atoms with Crippen molar-refractivity contribution in [1.82, 2.24) is 15.2 Å². The van der Waals surface area contributed by atoms with Gasteiger partial charge in [-0.2, -0.15) is 0 Å². The van der Waals surface area contributed by atoms with Gasteiger partial charge in [0.2, 0.25) is 0 Å². The van der Waals surface area contributed by atoms with Crippen molar-refractivity contribution in [2.75, 3.05) is 38.7 Å². The van der Waals surface area contributed by atoms with E-state index in [0.717, 1.165) is 38.9 Å². The molecule has 1 aromatic rings. The minimum absolute atomic E-state index is 0.0331. The normalized spacial score (nSPS) is 10.4. The molecule has 1 aromatic heterocycles. The number of aromatic nitrogens is 1. The molecule has 0 radical (unpaired) electrons. The maximum absolute atomic E-state index is 12.1. The second kappa shape index (κ2) is 10.1. The van der Waals surface area contributed by atoms with E-state index in [1.54, 1.807) is 24.1 Å². The zero-order valence-corrected chi connectivity index (χ0v) is 12.6. The predicted molar refractivity (Wildman–Crippen MR) is 84.8 cm³/mol. The van der Waals surface area contributed by atoms with Gasteiger partial charge in [0.05, 0.1) is 5.56 Å². The first-order valence-electron chi connectivity index (χ1n) is 7.28. The summed E-state index contributed by atoms with van der Waals surface area (Å²) in [6.45, 7) is 3.33. The zero-order chi connectivity index (χ0) is 15.5. The third-order valence-corrected chi connectivity index (χ3v) is 3.16. The molecule has 0 fully saturated rings. The van der Waals surface area contributed by atoms with Crippen LogP contribution in [-0.4, -0.2) is 49.0 Å². The summed E-state index contributed by atoms with van der Waals surface area (Å²) in [6, 6.07) is 3.40. The van der Waals surface area contributed by atoms with Crippen molar-refractivity contribution in [2.45, 2.75) is 19.3 Å². The zero-order valence-electron chi connectivity index (χ0n) is 12.6. The Labute approximate surface area is 126 Å². The minimum Gasteiger partial charge on any atom is -0.342 e. The van der Waals surface area contributed by atoms with Gasteiger partial charge in [0.25, 0.3) is 5.91 Å². The highest BCUT2D eigenvalue weighted by Gasteiger charge is 2.11. The van der Waals surface area contributed by atoms with Crippen molar-refractivity contribution in [3.05, 3.63) is 23.9 Å². The number of hydrogen-bond donors (Lipinski definition) is 4. The molecule has 0 atom stereocenters. The molecule has 1 amide bonds. The summed E-state index contributed by atoms with van der Waals surface area (Å²) in [5.41, 5.74) is 8.42. The van der Waals surface area contributed by atoms with Crippen LogP contribution < -0.4 is 22.3 Å². The predicted octanol–water partition coefficient (Wildman–Crippen LogP) is 0.158. The number of hydrazine groups is 1. The van der Waals surface area contributed by atoms with E-state index in [1.807, 2.05) is 0 Å². The number of pyridine rings is 1. The number of carbonyl (C=O) groups excluding carboxylic acids is 1. The molecule has 7 heteroatoms. The van der Waals surface area contributed by atoms with Crippen LogP contribution in [0, 0.1) is 0 Å². The molecule has 1 heterocycles. The Bertz CT molecular complexity index is 408. The fraction of sp³-hybridized carbons (Fsp3) is 0.571. The Morgan fingerprint density at radius 3 is 2.67 bits per heavy atom. The van der Waals surface area contributed by atoms with Crippen molar-refractivity contribution in [1.29, 1.82) is 0 Å². The summed E-state index contributed by atoms with van der Waals surface area (Å²) in [7, 11) is 1.80. The molecular formula is C14H26N6O. The summed E-state index contributed by atoms with van der Waals surface area (Å²) in [6.07, 6.45) is 4.59. The number of amides is 1. The molecule has 0 spiro atoms. The molecular weight excluding hydrogens is 268 g/mol. The highest BCUT2D eigenvalue weighted by molar-refractivity contribution is 5.93. The maximum atomic E-state index is 12.1. The van der Waals surface area contributed by atoms with E-state index >= 15 is 0 Å². The number of nitrogens with two attached hydrogens (primary N) is 2. The van der Waals surface area contributed by atoms with Gasteiger partial charge in [0, 0.05) is 19.8 Å². The topological polar surface area (TPSA) is 109 Å². The van der Waals surface area contributed by atoms with Gasteiger partial charge in [0.1, 0.15) is 5.82 Å². The minimum atomic E-state index is -0.0331. The number of unbranched alkanes of at least 4 members (excludes halogenated alkanes) is 1. The van der Waals surface area contributed by atoms with Crippen LogP contribution in [0.15, 0.2) is 18.3 Å². The maximum Gasteiger partial charge on any atom is 0.255 e. The molecule has 0 bridgehead atoms. The van der Waals surface area contributed by atoms with Crippen LogP contribution in [0.2, 0.25) is 0 Å². The van der Waals surface area contributed by atoms with Crippen LogP contribution in [0.4, 0.5) is 5.82 Å². The lowest BCUT2D eigenvalue weighted by molar-refractivity contribution is 0.0793. The van der Waals surface area contributed by atoms with Crippen LogP contribution in [0.5, 0.6) is 0 Å². The van der Waals surface area contributed by atoms with Crippen LogP contribution in [-0.2, 0) is 0 Å². The van der Waals surface area contributed by atoms with Crippen molar-refractivity contribution in [3.63, 3.8) is 0 Å². The van der Waals surface area contributed by atoms with Crippen LogP contribution in [0.3, 0.4) is 0 Å². The van der Waals surface area contributed by atoms with E-state index in [-0.39, 0.29) is 5.91 Å². The largest absolute Gasteiger partial charge is 0.342 e. The second-order valence-corrected chi connectivity index (χ2v) is 4.90. The highest BCUT2D eigenvalue weighted by Crippen LogP contribution is 2.06. The Morgan fingerprint density at radius 2 is 2.05 bits per heavy atom. The number of nitrogen functional groups attached to an aromatic ring is 1. The molecule has 0 aromatic carbocycles. The number of nitrogens with zero attached hydrogens (tertiary/aromatic N) is 2. The number of anilines is 1. The molecule has 118 valence electrons. The SMILES string of the molecule is CN(CCCNCCCCN)C(=O)c1ccc(NN)nc1. The van der Waals surface area contributed by atoms with E-state index in [9.17, 15) is 4.79 Å². The van der Waals surface area contributed by atoms with Crippen LogP contribution in [0.25, 0.3) is 0 Å². The average molecular weight is 294 g/mol.